The third-order valence-electron chi connectivity index (χ3n) is 5.02. The molecule has 1 nitrogen and oxygen atoms in total. The quantitative estimate of drug-likeness (QED) is 0.466. The fraction of sp³-hybridized carbons (Fsp3) is 0.0769. The molecule has 0 radical (unpaired) electrons. The lowest BCUT2D eigenvalue weighted by Gasteiger charge is -2.24. The van der Waals surface area contributed by atoms with E-state index >= 15 is 0 Å². The van der Waals surface area contributed by atoms with Crippen LogP contribution < -0.4 is 15.9 Å². The zero-order chi connectivity index (χ0) is 19.5. The minimum absolute atomic E-state index is 0.339. The number of benzene rings is 4. The molecule has 0 spiro atoms. The normalized spacial score (nSPS) is 11.0. The lowest BCUT2D eigenvalue weighted by atomic mass is 9.96. The van der Waals surface area contributed by atoms with Gasteiger partial charge in [-0.3, -0.25) is 0 Å². The van der Waals surface area contributed by atoms with E-state index in [0.717, 1.165) is 16.7 Å². The first-order chi connectivity index (χ1) is 13.7. The van der Waals surface area contributed by atoms with Crippen LogP contribution in [-0.2, 0) is 0 Å². The molecule has 28 heavy (non-hydrogen) atoms. The highest BCUT2D eigenvalue weighted by Gasteiger charge is 2.23. The average molecular weight is 382 g/mol. The van der Waals surface area contributed by atoms with E-state index in [1.807, 2.05) is 6.07 Å². The standard InChI is InChI=1S/C26H23OP/c1-19-11-9-17-23(27)25(19)26-20(2)12-10-18-24(26)28(21-13-5-3-6-14-21)22-15-7-4-8-16-22/h3-18,27H,1-2H3. The van der Waals surface area contributed by atoms with E-state index < -0.39 is 7.92 Å². The zero-order valence-electron chi connectivity index (χ0n) is 16.1. The third kappa shape index (κ3) is 3.46. The predicted octanol–water partition coefficient (Wildman–Crippen LogP) is 5.43. The van der Waals surface area contributed by atoms with Gasteiger partial charge in [0, 0.05) is 5.56 Å². The molecule has 1 N–H and O–H groups in total. The number of rotatable bonds is 4. The van der Waals surface area contributed by atoms with Crippen molar-refractivity contribution in [1.29, 1.82) is 0 Å². The van der Waals surface area contributed by atoms with E-state index in [0.29, 0.717) is 5.75 Å². The summed E-state index contributed by atoms with van der Waals surface area (Å²) in [5.41, 5.74) is 4.36. The largest absolute Gasteiger partial charge is 0.507 e. The minimum Gasteiger partial charge on any atom is -0.507 e. The summed E-state index contributed by atoms with van der Waals surface area (Å²) < 4.78 is 0. The van der Waals surface area contributed by atoms with Gasteiger partial charge in [0.1, 0.15) is 5.75 Å². The summed E-state index contributed by atoms with van der Waals surface area (Å²) in [7, 11) is -0.742. The number of hydrogen-bond donors (Lipinski definition) is 1. The monoisotopic (exact) mass is 382 g/mol. The minimum atomic E-state index is -0.742. The summed E-state index contributed by atoms with van der Waals surface area (Å²) in [6.45, 7) is 4.20. The van der Waals surface area contributed by atoms with Crippen molar-refractivity contribution in [1.82, 2.24) is 0 Å². The van der Waals surface area contributed by atoms with E-state index in [2.05, 4.69) is 98.8 Å². The van der Waals surface area contributed by atoms with Crippen molar-refractivity contribution in [3.05, 3.63) is 108 Å². The van der Waals surface area contributed by atoms with Crippen molar-refractivity contribution in [2.75, 3.05) is 0 Å². The summed E-state index contributed by atoms with van der Waals surface area (Å²) in [6, 6.07) is 33.6. The van der Waals surface area contributed by atoms with Gasteiger partial charge in [0.05, 0.1) is 0 Å². The first-order valence-corrected chi connectivity index (χ1v) is 10.8. The molecule has 4 rings (SSSR count). The number of aromatic hydroxyl groups is 1. The van der Waals surface area contributed by atoms with Crippen LogP contribution in [0.25, 0.3) is 11.1 Å². The van der Waals surface area contributed by atoms with Gasteiger partial charge in [-0.25, -0.2) is 0 Å². The molecule has 2 heteroatoms. The lowest BCUT2D eigenvalue weighted by Crippen LogP contribution is -2.22. The maximum Gasteiger partial charge on any atom is 0.123 e. The Balaban J connectivity index is 2.03. The van der Waals surface area contributed by atoms with E-state index in [1.54, 1.807) is 6.07 Å². The highest BCUT2D eigenvalue weighted by atomic mass is 31.1. The molecule has 0 aliphatic carbocycles. The van der Waals surface area contributed by atoms with Crippen LogP contribution in [0, 0.1) is 13.8 Å². The zero-order valence-corrected chi connectivity index (χ0v) is 17.0. The highest BCUT2D eigenvalue weighted by Crippen LogP contribution is 2.41. The number of phenols is 1. The van der Waals surface area contributed by atoms with Gasteiger partial charge in [-0.2, -0.15) is 0 Å². The molecular formula is C26H23OP. The fourth-order valence-electron chi connectivity index (χ4n) is 3.72. The van der Waals surface area contributed by atoms with Gasteiger partial charge in [0.25, 0.3) is 0 Å². The Hall–Kier alpha value is -2.89. The van der Waals surface area contributed by atoms with E-state index in [9.17, 15) is 5.11 Å². The van der Waals surface area contributed by atoms with Crippen molar-refractivity contribution in [3.8, 4) is 16.9 Å². The van der Waals surface area contributed by atoms with Gasteiger partial charge < -0.3 is 5.11 Å². The Bertz CT molecular complexity index is 1030. The fourth-order valence-corrected chi connectivity index (χ4v) is 6.26. The van der Waals surface area contributed by atoms with Crippen LogP contribution in [0.4, 0.5) is 0 Å². The van der Waals surface area contributed by atoms with Crippen LogP contribution in [0.5, 0.6) is 5.75 Å². The molecule has 4 aromatic carbocycles. The number of hydrogen-bond acceptors (Lipinski definition) is 1. The Morgan fingerprint density at radius 3 is 1.57 bits per heavy atom. The van der Waals surface area contributed by atoms with E-state index in [-0.39, 0.29) is 0 Å². The SMILES string of the molecule is Cc1cccc(O)c1-c1c(C)cccc1P(c1ccccc1)c1ccccc1. The van der Waals surface area contributed by atoms with Crippen molar-refractivity contribution in [2.45, 2.75) is 13.8 Å². The maximum atomic E-state index is 10.7. The van der Waals surface area contributed by atoms with Gasteiger partial charge in [0.15, 0.2) is 0 Å². The molecule has 0 atom stereocenters. The van der Waals surface area contributed by atoms with Gasteiger partial charge in [-0.1, -0.05) is 91.0 Å². The molecule has 0 saturated carbocycles. The summed E-state index contributed by atoms with van der Waals surface area (Å²) in [5.74, 6) is 0.339. The Kier molecular flexibility index (Phi) is 5.28. The van der Waals surface area contributed by atoms with Crippen LogP contribution in [0.1, 0.15) is 11.1 Å². The maximum absolute atomic E-state index is 10.7. The molecule has 0 saturated heterocycles. The number of phenolic OH excluding ortho intramolecular Hbond substituents is 1. The van der Waals surface area contributed by atoms with Crippen molar-refractivity contribution in [3.63, 3.8) is 0 Å². The first kappa shape index (κ1) is 18.5. The summed E-state index contributed by atoms with van der Waals surface area (Å²) in [5, 5.41) is 14.6. The molecular weight excluding hydrogens is 359 g/mol. The van der Waals surface area contributed by atoms with E-state index in [4.69, 9.17) is 0 Å². The molecule has 0 aliphatic rings. The van der Waals surface area contributed by atoms with Crippen molar-refractivity contribution in [2.24, 2.45) is 0 Å². The predicted molar refractivity (Wildman–Crippen MR) is 122 cm³/mol. The topological polar surface area (TPSA) is 20.2 Å². The Morgan fingerprint density at radius 2 is 1.04 bits per heavy atom. The van der Waals surface area contributed by atoms with Gasteiger partial charge in [-0.05, 0) is 60.4 Å². The number of aryl methyl sites for hydroxylation is 2. The van der Waals surface area contributed by atoms with Crippen LogP contribution in [0.3, 0.4) is 0 Å². The summed E-state index contributed by atoms with van der Waals surface area (Å²) >= 11 is 0. The van der Waals surface area contributed by atoms with Crippen molar-refractivity contribution >= 4 is 23.8 Å². The van der Waals surface area contributed by atoms with Gasteiger partial charge >= 0.3 is 0 Å². The van der Waals surface area contributed by atoms with E-state index in [1.165, 1.54) is 21.5 Å². The Labute approximate surface area is 168 Å². The van der Waals surface area contributed by atoms with Crippen LogP contribution in [0.2, 0.25) is 0 Å². The molecule has 0 bridgehead atoms. The second-order valence-corrected chi connectivity index (χ2v) is 9.13. The lowest BCUT2D eigenvalue weighted by molar-refractivity contribution is 0.477. The summed E-state index contributed by atoms with van der Waals surface area (Å²) in [4.78, 5) is 0. The molecule has 0 unspecified atom stereocenters. The Morgan fingerprint density at radius 1 is 0.536 bits per heavy atom. The van der Waals surface area contributed by atoms with Crippen LogP contribution in [-0.4, -0.2) is 5.11 Å². The summed E-state index contributed by atoms with van der Waals surface area (Å²) in [6.07, 6.45) is 0. The van der Waals surface area contributed by atoms with Crippen LogP contribution in [0.15, 0.2) is 97.1 Å². The highest BCUT2D eigenvalue weighted by molar-refractivity contribution is 7.80. The molecule has 0 fully saturated rings. The second kappa shape index (κ2) is 8.00. The molecule has 0 heterocycles. The smallest absolute Gasteiger partial charge is 0.123 e. The van der Waals surface area contributed by atoms with Crippen molar-refractivity contribution < 1.29 is 5.11 Å². The van der Waals surface area contributed by atoms with Crippen LogP contribution >= 0.6 is 7.92 Å². The second-order valence-electron chi connectivity index (χ2n) is 6.94. The average Bonchev–Trinajstić information content (AvgIpc) is 2.71. The molecule has 0 aromatic heterocycles. The molecule has 4 aromatic rings. The molecule has 0 aliphatic heterocycles. The third-order valence-corrected chi connectivity index (χ3v) is 7.50. The molecule has 0 amide bonds. The van der Waals surface area contributed by atoms with Gasteiger partial charge in [-0.15, -0.1) is 0 Å². The van der Waals surface area contributed by atoms with Gasteiger partial charge in [0.2, 0.25) is 0 Å². The first-order valence-electron chi connectivity index (χ1n) is 9.45. The molecule has 138 valence electrons.